The number of guanidine groups is 1. The highest BCUT2D eigenvalue weighted by Gasteiger charge is 2.29. The van der Waals surface area contributed by atoms with E-state index in [4.69, 9.17) is 6.42 Å². The van der Waals surface area contributed by atoms with Crippen LogP contribution in [0.2, 0.25) is 0 Å². The molecule has 0 radical (unpaired) electrons. The number of terminal acetylenes is 1. The normalized spacial score (nSPS) is 18.5. The molecule has 6 nitrogen and oxygen atoms in total. The molecule has 1 saturated heterocycles. The zero-order valence-electron chi connectivity index (χ0n) is 18.0. The van der Waals surface area contributed by atoms with Gasteiger partial charge in [-0.3, -0.25) is 14.7 Å². The summed E-state index contributed by atoms with van der Waals surface area (Å²) in [7, 11) is 1.71. The number of anilines is 1. The van der Waals surface area contributed by atoms with Gasteiger partial charge in [0.25, 0.3) is 0 Å². The van der Waals surface area contributed by atoms with Crippen molar-refractivity contribution in [2.45, 2.75) is 32.0 Å². The largest absolute Gasteiger partial charge is 0.352 e. The fourth-order valence-corrected chi connectivity index (χ4v) is 3.69. The lowest BCUT2D eigenvalue weighted by atomic mass is 10.2. The molecule has 1 fully saturated rings. The van der Waals surface area contributed by atoms with E-state index in [0.29, 0.717) is 17.7 Å². The topological polar surface area (TPSA) is 68.8 Å². The standard InChI is InChI=1S/C24H29N5O.HI/c1-4-19-11-8-12-21(14-19)27-23(30)15-26-24(25-3)28-22-13-18(2)29(17-22)16-20-9-6-5-7-10-20;/h1,5-12,14,18,22H,13,15-17H2,2-3H3,(H,27,30)(H2,25,26,28);1H. The maximum absolute atomic E-state index is 12.3. The second-order valence-corrected chi connectivity index (χ2v) is 7.54. The summed E-state index contributed by atoms with van der Waals surface area (Å²) in [6.07, 6.45) is 6.43. The highest BCUT2D eigenvalue weighted by atomic mass is 127. The third-order valence-electron chi connectivity index (χ3n) is 5.23. The van der Waals surface area contributed by atoms with E-state index in [-0.39, 0.29) is 42.5 Å². The number of aliphatic imine (C=N–C) groups is 1. The van der Waals surface area contributed by atoms with E-state index in [9.17, 15) is 4.79 Å². The lowest BCUT2D eigenvalue weighted by Gasteiger charge is -2.21. The fraction of sp³-hybridized carbons (Fsp3) is 0.333. The van der Waals surface area contributed by atoms with Gasteiger partial charge in [0.15, 0.2) is 5.96 Å². The van der Waals surface area contributed by atoms with Crippen molar-refractivity contribution in [1.82, 2.24) is 15.5 Å². The van der Waals surface area contributed by atoms with Crippen molar-refractivity contribution in [1.29, 1.82) is 0 Å². The van der Waals surface area contributed by atoms with Gasteiger partial charge in [-0.2, -0.15) is 0 Å². The molecule has 0 aromatic heterocycles. The molecule has 1 amide bonds. The number of hydrogen-bond acceptors (Lipinski definition) is 3. The Labute approximate surface area is 201 Å². The van der Waals surface area contributed by atoms with Crippen molar-refractivity contribution in [2.24, 2.45) is 4.99 Å². The van der Waals surface area contributed by atoms with Gasteiger partial charge in [-0.15, -0.1) is 30.4 Å². The third kappa shape index (κ3) is 7.56. The Morgan fingerprint density at radius 1 is 1.23 bits per heavy atom. The van der Waals surface area contributed by atoms with Crippen LogP contribution in [0.1, 0.15) is 24.5 Å². The molecule has 3 rings (SSSR count). The number of benzene rings is 2. The van der Waals surface area contributed by atoms with E-state index in [1.54, 1.807) is 13.1 Å². The molecule has 0 saturated carbocycles. The number of amides is 1. The van der Waals surface area contributed by atoms with Gasteiger partial charge in [0.1, 0.15) is 0 Å². The van der Waals surface area contributed by atoms with Crippen LogP contribution in [0.25, 0.3) is 0 Å². The van der Waals surface area contributed by atoms with Crippen LogP contribution >= 0.6 is 24.0 Å². The summed E-state index contributed by atoms with van der Waals surface area (Å²) in [5.74, 6) is 3.03. The first-order valence-corrected chi connectivity index (χ1v) is 10.2. The van der Waals surface area contributed by atoms with Crippen molar-refractivity contribution in [3.63, 3.8) is 0 Å². The van der Waals surface area contributed by atoms with Crippen molar-refractivity contribution in [3.05, 3.63) is 65.7 Å². The summed E-state index contributed by atoms with van der Waals surface area (Å²) < 4.78 is 0. The van der Waals surface area contributed by atoms with Gasteiger partial charge < -0.3 is 16.0 Å². The highest BCUT2D eigenvalue weighted by Crippen LogP contribution is 2.20. The van der Waals surface area contributed by atoms with E-state index in [0.717, 1.165) is 25.1 Å². The zero-order valence-corrected chi connectivity index (χ0v) is 20.3. The van der Waals surface area contributed by atoms with Crippen molar-refractivity contribution in [3.8, 4) is 12.3 Å². The van der Waals surface area contributed by atoms with Crippen LogP contribution in [-0.2, 0) is 11.3 Å². The predicted octanol–water partition coefficient (Wildman–Crippen LogP) is 3.05. The summed E-state index contributed by atoms with van der Waals surface area (Å²) in [5.41, 5.74) is 2.73. The third-order valence-corrected chi connectivity index (χ3v) is 5.23. The maximum atomic E-state index is 12.3. The Hall–Kier alpha value is -2.57. The SMILES string of the molecule is C#Cc1cccc(NC(=O)CNC(=NC)NC2CC(C)N(Cc3ccccc3)C2)c1.I. The van der Waals surface area contributed by atoms with Crippen molar-refractivity contribution >= 4 is 41.5 Å². The van der Waals surface area contributed by atoms with Gasteiger partial charge in [0.2, 0.25) is 5.91 Å². The lowest BCUT2D eigenvalue weighted by Crippen LogP contribution is -2.46. The molecule has 31 heavy (non-hydrogen) atoms. The van der Waals surface area contributed by atoms with Gasteiger partial charge in [-0.05, 0) is 37.1 Å². The number of nitrogens with zero attached hydrogens (tertiary/aromatic N) is 2. The van der Waals surface area contributed by atoms with E-state index in [2.05, 4.69) is 63.0 Å². The number of carbonyl (C=O) groups is 1. The van der Waals surface area contributed by atoms with Crippen LogP contribution in [-0.4, -0.2) is 49.0 Å². The number of likely N-dealkylation sites (tertiary alicyclic amines) is 1. The van der Waals surface area contributed by atoms with Gasteiger partial charge >= 0.3 is 0 Å². The summed E-state index contributed by atoms with van der Waals surface area (Å²) in [6, 6.07) is 18.5. The molecule has 1 heterocycles. The van der Waals surface area contributed by atoms with Gasteiger partial charge in [0, 0.05) is 43.5 Å². The number of hydrogen-bond donors (Lipinski definition) is 3. The smallest absolute Gasteiger partial charge is 0.243 e. The maximum Gasteiger partial charge on any atom is 0.243 e. The second kappa shape index (κ2) is 12.3. The minimum absolute atomic E-state index is 0. The Balaban J connectivity index is 0.00000341. The Morgan fingerprint density at radius 3 is 2.71 bits per heavy atom. The van der Waals surface area contributed by atoms with E-state index in [1.165, 1.54) is 5.56 Å². The molecule has 2 aromatic carbocycles. The van der Waals surface area contributed by atoms with E-state index >= 15 is 0 Å². The monoisotopic (exact) mass is 531 g/mol. The second-order valence-electron chi connectivity index (χ2n) is 7.54. The molecule has 0 spiro atoms. The van der Waals surface area contributed by atoms with E-state index in [1.807, 2.05) is 24.3 Å². The van der Waals surface area contributed by atoms with Crippen molar-refractivity contribution in [2.75, 3.05) is 25.5 Å². The number of halogens is 1. The molecule has 2 unspecified atom stereocenters. The molecule has 2 aromatic rings. The molecule has 164 valence electrons. The van der Waals surface area contributed by atoms with Gasteiger partial charge in [-0.1, -0.05) is 42.3 Å². The summed E-state index contributed by atoms with van der Waals surface area (Å²) in [4.78, 5) is 19.0. The highest BCUT2D eigenvalue weighted by molar-refractivity contribution is 14.0. The summed E-state index contributed by atoms with van der Waals surface area (Å²) in [6.45, 7) is 4.24. The number of nitrogens with one attached hydrogen (secondary N) is 3. The lowest BCUT2D eigenvalue weighted by molar-refractivity contribution is -0.115. The Morgan fingerprint density at radius 2 is 2.00 bits per heavy atom. The molecule has 1 aliphatic rings. The van der Waals surface area contributed by atoms with Crippen LogP contribution in [0, 0.1) is 12.3 Å². The summed E-state index contributed by atoms with van der Waals surface area (Å²) in [5, 5.41) is 9.38. The van der Waals surface area contributed by atoms with Crippen LogP contribution < -0.4 is 16.0 Å². The van der Waals surface area contributed by atoms with Crippen molar-refractivity contribution < 1.29 is 4.79 Å². The first-order chi connectivity index (χ1) is 14.6. The first-order valence-electron chi connectivity index (χ1n) is 10.2. The molecular weight excluding hydrogens is 501 g/mol. The van der Waals surface area contributed by atoms with E-state index < -0.39 is 0 Å². The molecule has 2 atom stereocenters. The van der Waals surface area contributed by atoms with Gasteiger partial charge in [-0.25, -0.2) is 0 Å². The average Bonchev–Trinajstić information content (AvgIpc) is 3.10. The quantitative estimate of drug-likeness (QED) is 0.232. The number of carbonyl (C=O) groups excluding carboxylic acids is 1. The fourth-order valence-electron chi connectivity index (χ4n) is 3.69. The molecular formula is C24H30IN5O. The molecule has 0 bridgehead atoms. The molecule has 0 aliphatic carbocycles. The minimum atomic E-state index is -0.155. The predicted molar refractivity (Wildman–Crippen MR) is 138 cm³/mol. The van der Waals surface area contributed by atoms with Crippen LogP contribution in [0.3, 0.4) is 0 Å². The zero-order chi connectivity index (χ0) is 21.3. The Kier molecular flexibility index (Phi) is 9.82. The van der Waals surface area contributed by atoms with Crippen LogP contribution in [0.5, 0.6) is 0 Å². The summed E-state index contributed by atoms with van der Waals surface area (Å²) >= 11 is 0. The first kappa shape index (κ1) is 24.7. The van der Waals surface area contributed by atoms with Crippen LogP contribution in [0.4, 0.5) is 5.69 Å². The van der Waals surface area contributed by atoms with Gasteiger partial charge in [0.05, 0.1) is 6.54 Å². The Bertz CT molecular complexity index is 925. The van der Waals surface area contributed by atoms with Crippen LogP contribution in [0.15, 0.2) is 59.6 Å². The average molecular weight is 531 g/mol. The molecule has 7 heteroatoms. The molecule has 3 N–H and O–H groups in total. The number of rotatable bonds is 6. The molecule has 1 aliphatic heterocycles. The minimum Gasteiger partial charge on any atom is -0.352 e.